The monoisotopic (exact) mass is 197 g/mol. The molecule has 0 spiro atoms. The van der Waals surface area contributed by atoms with Crippen LogP contribution in [0.3, 0.4) is 0 Å². The fraction of sp³-hybridized carbons (Fsp3) is 1.00. The highest BCUT2D eigenvalue weighted by Crippen LogP contribution is 2.35. The Morgan fingerprint density at radius 3 is 2.50 bits per heavy atom. The molecule has 1 aliphatic carbocycles. The first-order valence-electron chi connectivity index (χ1n) is 6.36. The van der Waals surface area contributed by atoms with E-state index in [0.717, 1.165) is 23.8 Å². The van der Waals surface area contributed by atoms with Crippen molar-refractivity contribution in [3.05, 3.63) is 0 Å². The van der Waals surface area contributed by atoms with Gasteiger partial charge in [0.05, 0.1) is 0 Å². The van der Waals surface area contributed by atoms with Crippen LogP contribution in [0.2, 0.25) is 0 Å². The van der Waals surface area contributed by atoms with Gasteiger partial charge in [0, 0.05) is 6.04 Å². The molecule has 1 heteroatoms. The Hall–Kier alpha value is -0.0400. The highest BCUT2D eigenvalue weighted by Gasteiger charge is 2.30. The van der Waals surface area contributed by atoms with Crippen LogP contribution in [-0.2, 0) is 0 Å². The normalized spacial score (nSPS) is 31.7. The maximum atomic E-state index is 3.55. The van der Waals surface area contributed by atoms with E-state index in [0.29, 0.717) is 0 Å². The SMILES string of the molecule is CCCC(C)C(NC)C1CCC(C)C1. The summed E-state index contributed by atoms with van der Waals surface area (Å²) in [6.45, 7) is 7.10. The molecule has 0 aromatic carbocycles. The van der Waals surface area contributed by atoms with Gasteiger partial charge in [0.2, 0.25) is 0 Å². The Labute approximate surface area is 89.7 Å². The first-order chi connectivity index (χ1) is 6.69. The Bertz CT molecular complexity index is 155. The maximum absolute atomic E-state index is 3.55. The lowest BCUT2D eigenvalue weighted by molar-refractivity contribution is 0.269. The second kappa shape index (κ2) is 5.75. The van der Waals surface area contributed by atoms with Crippen LogP contribution in [-0.4, -0.2) is 13.1 Å². The van der Waals surface area contributed by atoms with Gasteiger partial charge in [-0.25, -0.2) is 0 Å². The van der Waals surface area contributed by atoms with Gasteiger partial charge in [-0.2, -0.15) is 0 Å². The lowest BCUT2D eigenvalue weighted by Gasteiger charge is -2.29. The van der Waals surface area contributed by atoms with Gasteiger partial charge < -0.3 is 5.32 Å². The van der Waals surface area contributed by atoms with Gasteiger partial charge in [0.15, 0.2) is 0 Å². The first kappa shape index (κ1) is 12.0. The van der Waals surface area contributed by atoms with Crippen molar-refractivity contribution in [3.8, 4) is 0 Å². The van der Waals surface area contributed by atoms with Crippen molar-refractivity contribution in [2.24, 2.45) is 17.8 Å². The Morgan fingerprint density at radius 2 is 2.07 bits per heavy atom. The molecule has 4 unspecified atom stereocenters. The van der Waals surface area contributed by atoms with Gasteiger partial charge in [0.1, 0.15) is 0 Å². The zero-order chi connectivity index (χ0) is 10.6. The molecular formula is C13H27N. The molecule has 0 aromatic rings. The lowest BCUT2D eigenvalue weighted by Crippen LogP contribution is -2.38. The second-order valence-corrected chi connectivity index (χ2v) is 5.26. The van der Waals surface area contributed by atoms with E-state index in [4.69, 9.17) is 0 Å². The molecule has 84 valence electrons. The van der Waals surface area contributed by atoms with Gasteiger partial charge in [0.25, 0.3) is 0 Å². The van der Waals surface area contributed by atoms with Crippen LogP contribution in [0, 0.1) is 17.8 Å². The summed E-state index contributed by atoms with van der Waals surface area (Å²) in [7, 11) is 2.14. The minimum absolute atomic E-state index is 0.764. The van der Waals surface area contributed by atoms with E-state index in [1.165, 1.54) is 32.1 Å². The first-order valence-corrected chi connectivity index (χ1v) is 6.36. The van der Waals surface area contributed by atoms with Crippen LogP contribution >= 0.6 is 0 Å². The molecule has 0 saturated heterocycles. The highest BCUT2D eigenvalue weighted by molar-refractivity contribution is 4.85. The van der Waals surface area contributed by atoms with Crippen LogP contribution in [0.4, 0.5) is 0 Å². The van der Waals surface area contributed by atoms with Crippen molar-refractivity contribution in [1.82, 2.24) is 5.32 Å². The molecule has 0 amide bonds. The molecule has 1 fully saturated rings. The number of hydrogen-bond donors (Lipinski definition) is 1. The largest absolute Gasteiger partial charge is 0.316 e. The van der Waals surface area contributed by atoms with Crippen molar-refractivity contribution in [2.45, 2.75) is 58.9 Å². The number of nitrogens with one attached hydrogen (secondary N) is 1. The number of rotatable bonds is 5. The molecule has 0 bridgehead atoms. The minimum atomic E-state index is 0.764. The van der Waals surface area contributed by atoms with Gasteiger partial charge in [-0.3, -0.25) is 0 Å². The average molecular weight is 197 g/mol. The second-order valence-electron chi connectivity index (χ2n) is 5.26. The van der Waals surface area contributed by atoms with E-state index < -0.39 is 0 Å². The zero-order valence-electron chi connectivity index (χ0n) is 10.3. The zero-order valence-corrected chi connectivity index (χ0v) is 10.3. The fourth-order valence-corrected chi connectivity index (χ4v) is 3.20. The third-order valence-electron chi connectivity index (χ3n) is 3.93. The Balaban J connectivity index is 2.44. The van der Waals surface area contributed by atoms with E-state index in [9.17, 15) is 0 Å². The van der Waals surface area contributed by atoms with Crippen LogP contribution in [0.15, 0.2) is 0 Å². The topological polar surface area (TPSA) is 12.0 Å². The molecule has 4 atom stereocenters. The van der Waals surface area contributed by atoms with Crippen molar-refractivity contribution in [3.63, 3.8) is 0 Å². The molecular weight excluding hydrogens is 170 g/mol. The smallest absolute Gasteiger partial charge is 0.0118 e. The maximum Gasteiger partial charge on any atom is 0.0118 e. The molecule has 14 heavy (non-hydrogen) atoms. The quantitative estimate of drug-likeness (QED) is 0.712. The van der Waals surface area contributed by atoms with Crippen LogP contribution in [0.25, 0.3) is 0 Å². The summed E-state index contributed by atoms with van der Waals surface area (Å²) in [5.41, 5.74) is 0. The number of hydrogen-bond acceptors (Lipinski definition) is 1. The van der Waals surface area contributed by atoms with Crippen molar-refractivity contribution < 1.29 is 0 Å². The standard InChI is InChI=1S/C13H27N/c1-5-6-11(3)13(14-4)12-8-7-10(2)9-12/h10-14H,5-9H2,1-4H3. The van der Waals surface area contributed by atoms with Crippen molar-refractivity contribution in [2.75, 3.05) is 7.05 Å². The summed E-state index contributed by atoms with van der Waals surface area (Å²) in [5, 5.41) is 3.55. The molecule has 1 nitrogen and oxygen atoms in total. The van der Waals surface area contributed by atoms with Crippen molar-refractivity contribution in [1.29, 1.82) is 0 Å². The van der Waals surface area contributed by atoms with E-state index in [2.05, 4.69) is 33.1 Å². The fourth-order valence-electron chi connectivity index (χ4n) is 3.20. The van der Waals surface area contributed by atoms with Gasteiger partial charge in [-0.05, 0) is 44.1 Å². The lowest BCUT2D eigenvalue weighted by atomic mass is 9.85. The molecule has 1 saturated carbocycles. The molecule has 0 radical (unpaired) electrons. The summed E-state index contributed by atoms with van der Waals surface area (Å²) in [6.07, 6.45) is 7.03. The molecule has 1 rings (SSSR count). The van der Waals surface area contributed by atoms with Crippen LogP contribution in [0.1, 0.15) is 52.9 Å². The van der Waals surface area contributed by atoms with Gasteiger partial charge in [-0.15, -0.1) is 0 Å². The molecule has 1 aliphatic rings. The summed E-state index contributed by atoms with van der Waals surface area (Å²) in [4.78, 5) is 0. The molecule has 1 N–H and O–H groups in total. The van der Waals surface area contributed by atoms with Crippen molar-refractivity contribution >= 4 is 0 Å². The summed E-state index contributed by atoms with van der Waals surface area (Å²) >= 11 is 0. The minimum Gasteiger partial charge on any atom is -0.316 e. The average Bonchev–Trinajstić information content (AvgIpc) is 2.54. The highest BCUT2D eigenvalue weighted by atomic mass is 14.9. The van der Waals surface area contributed by atoms with Gasteiger partial charge >= 0.3 is 0 Å². The van der Waals surface area contributed by atoms with E-state index in [1.54, 1.807) is 0 Å². The predicted octanol–water partition coefficient (Wildman–Crippen LogP) is 3.45. The third kappa shape index (κ3) is 2.98. The van der Waals surface area contributed by atoms with E-state index in [-0.39, 0.29) is 0 Å². The van der Waals surface area contributed by atoms with Crippen LogP contribution in [0.5, 0.6) is 0 Å². The Morgan fingerprint density at radius 1 is 1.36 bits per heavy atom. The predicted molar refractivity (Wildman–Crippen MR) is 63.4 cm³/mol. The van der Waals surface area contributed by atoms with E-state index >= 15 is 0 Å². The summed E-state index contributed by atoms with van der Waals surface area (Å²) in [6, 6.07) is 0.764. The van der Waals surface area contributed by atoms with Gasteiger partial charge in [-0.1, -0.05) is 33.6 Å². The summed E-state index contributed by atoms with van der Waals surface area (Å²) in [5.74, 6) is 2.75. The molecule has 0 aliphatic heterocycles. The molecule has 0 aromatic heterocycles. The summed E-state index contributed by atoms with van der Waals surface area (Å²) < 4.78 is 0. The van der Waals surface area contributed by atoms with Crippen LogP contribution < -0.4 is 5.32 Å². The molecule has 0 heterocycles. The van der Waals surface area contributed by atoms with E-state index in [1.807, 2.05) is 0 Å². The third-order valence-corrected chi connectivity index (χ3v) is 3.93. The Kier molecular flexibility index (Phi) is 4.94.